The van der Waals surface area contributed by atoms with Gasteiger partial charge in [-0.15, -0.1) is 0 Å². The van der Waals surface area contributed by atoms with Crippen molar-refractivity contribution in [3.63, 3.8) is 0 Å². The number of hydrogen-bond donors (Lipinski definition) is 1. The van der Waals surface area contributed by atoms with E-state index in [1.165, 1.54) is 16.7 Å². The van der Waals surface area contributed by atoms with Gasteiger partial charge in [0.05, 0.1) is 6.54 Å². The van der Waals surface area contributed by atoms with E-state index < -0.39 is 0 Å². The zero-order chi connectivity index (χ0) is 14.7. The van der Waals surface area contributed by atoms with Gasteiger partial charge in [0.1, 0.15) is 5.82 Å². The van der Waals surface area contributed by atoms with E-state index in [-0.39, 0.29) is 6.04 Å². The third-order valence-corrected chi connectivity index (χ3v) is 3.85. The maximum atomic E-state index is 6.01. The minimum Gasteiger partial charge on any atom is -0.337 e. The Balaban J connectivity index is 2.21. The molecule has 4 nitrogen and oxygen atoms in total. The van der Waals surface area contributed by atoms with E-state index in [1.807, 2.05) is 24.0 Å². The van der Waals surface area contributed by atoms with Crippen LogP contribution in [0.2, 0.25) is 0 Å². The van der Waals surface area contributed by atoms with E-state index in [2.05, 4.69) is 49.0 Å². The predicted octanol–water partition coefficient (Wildman–Crippen LogP) is 2.17. The molecule has 2 aromatic rings. The molecule has 1 atom stereocenters. The Bertz CT molecular complexity index is 574. The number of aryl methyl sites for hydroxylation is 3. The molecule has 0 saturated heterocycles. The number of aromatic nitrogens is 2. The van der Waals surface area contributed by atoms with Crippen LogP contribution in [0.1, 0.15) is 28.6 Å². The van der Waals surface area contributed by atoms with Gasteiger partial charge in [-0.2, -0.15) is 0 Å². The molecule has 1 unspecified atom stereocenters. The molecule has 0 fully saturated rings. The van der Waals surface area contributed by atoms with E-state index in [1.54, 1.807) is 0 Å². The monoisotopic (exact) mass is 272 g/mol. The quantitative estimate of drug-likeness (QED) is 0.907. The van der Waals surface area contributed by atoms with Gasteiger partial charge in [0, 0.05) is 32.0 Å². The first-order valence-corrected chi connectivity index (χ1v) is 6.96. The molecule has 1 heterocycles. The highest BCUT2D eigenvalue weighted by Crippen LogP contribution is 2.24. The molecule has 4 heteroatoms. The lowest BCUT2D eigenvalue weighted by atomic mass is 9.98. The average Bonchev–Trinajstić information content (AvgIpc) is 2.78. The van der Waals surface area contributed by atoms with Gasteiger partial charge < -0.3 is 10.3 Å². The van der Waals surface area contributed by atoms with Crippen molar-refractivity contribution in [3.05, 3.63) is 53.1 Å². The molecule has 1 aromatic heterocycles. The van der Waals surface area contributed by atoms with E-state index in [4.69, 9.17) is 5.73 Å². The highest BCUT2D eigenvalue weighted by molar-refractivity contribution is 5.33. The summed E-state index contributed by atoms with van der Waals surface area (Å²) in [6.45, 7) is 5.66. The molecule has 0 spiro atoms. The largest absolute Gasteiger partial charge is 0.337 e. The fourth-order valence-corrected chi connectivity index (χ4v) is 2.63. The fraction of sp³-hybridized carbons (Fsp3) is 0.438. The Morgan fingerprint density at radius 1 is 1.35 bits per heavy atom. The molecular formula is C16H24N4. The molecule has 0 saturated carbocycles. The normalized spacial score (nSPS) is 12.9. The minimum atomic E-state index is 0.215. The Morgan fingerprint density at radius 2 is 2.10 bits per heavy atom. The summed E-state index contributed by atoms with van der Waals surface area (Å²) in [5, 5.41) is 0. The van der Waals surface area contributed by atoms with Crippen LogP contribution in [0.5, 0.6) is 0 Å². The fourth-order valence-electron chi connectivity index (χ4n) is 2.63. The second-order valence-corrected chi connectivity index (χ2v) is 5.48. The third-order valence-electron chi connectivity index (χ3n) is 3.85. The maximum Gasteiger partial charge on any atom is 0.122 e. The first-order valence-electron chi connectivity index (χ1n) is 6.96. The zero-order valence-corrected chi connectivity index (χ0v) is 12.8. The molecule has 0 radical (unpaired) electrons. The van der Waals surface area contributed by atoms with Crippen molar-refractivity contribution in [2.24, 2.45) is 12.8 Å². The van der Waals surface area contributed by atoms with E-state index in [0.717, 1.165) is 12.4 Å². The van der Waals surface area contributed by atoms with Crippen molar-refractivity contribution in [2.45, 2.75) is 26.4 Å². The molecule has 108 valence electrons. The number of hydrogen-bond acceptors (Lipinski definition) is 3. The van der Waals surface area contributed by atoms with Gasteiger partial charge in [-0.1, -0.05) is 23.8 Å². The van der Waals surface area contributed by atoms with E-state index >= 15 is 0 Å². The van der Waals surface area contributed by atoms with Crippen molar-refractivity contribution in [1.82, 2.24) is 14.5 Å². The van der Waals surface area contributed by atoms with Crippen LogP contribution < -0.4 is 5.73 Å². The van der Waals surface area contributed by atoms with Gasteiger partial charge in [0.25, 0.3) is 0 Å². The van der Waals surface area contributed by atoms with Gasteiger partial charge in [0.15, 0.2) is 0 Å². The standard InChI is InChI=1S/C16H24N4/c1-12-5-6-14(13(2)9-12)15(10-17)20(4)11-16-18-7-8-19(16)3/h5-9,15H,10-11,17H2,1-4H3. The van der Waals surface area contributed by atoms with E-state index in [9.17, 15) is 0 Å². The van der Waals surface area contributed by atoms with Crippen LogP contribution in [0, 0.1) is 13.8 Å². The van der Waals surface area contributed by atoms with Crippen LogP contribution >= 0.6 is 0 Å². The molecule has 0 aliphatic heterocycles. The lowest BCUT2D eigenvalue weighted by molar-refractivity contribution is 0.233. The number of likely N-dealkylation sites (N-methyl/N-ethyl adjacent to an activating group) is 1. The van der Waals surface area contributed by atoms with Crippen molar-refractivity contribution in [1.29, 1.82) is 0 Å². The van der Waals surface area contributed by atoms with Crippen LogP contribution in [-0.4, -0.2) is 28.0 Å². The molecule has 0 aliphatic carbocycles. The summed E-state index contributed by atoms with van der Waals surface area (Å²) in [6.07, 6.45) is 3.80. The van der Waals surface area contributed by atoms with Crippen LogP contribution in [-0.2, 0) is 13.6 Å². The summed E-state index contributed by atoms with van der Waals surface area (Å²) in [6, 6.07) is 6.77. The number of benzene rings is 1. The average molecular weight is 272 g/mol. The highest BCUT2D eigenvalue weighted by Gasteiger charge is 2.18. The Hall–Kier alpha value is -1.65. The molecule has 1 aromatic carbocycles. The second kappa shape index (κ2) is 6.20. The molecule has 0 bridgehead atoms. The summed E-state index contributed by atoms with van der Waals surface area (Å²) in [4.78, 5) is 6.65. The van der Waals surface area contributed by atoms with Gasteiger partial charge in [-0.05, 0) is 32.0 Å². The predicted molar refractivity (Wildman–Crippen MR) is 82.4 cm³/mol. The number of rotatable bonds is 5. The zero-order valence-electron chi connectivity index (χ0n) is 12.8. The van der Waals surface area contributed by atoms with Gasteiger partial charge in [0.2, 0.25) is 0 Å². The smallest absolute Gasteiger partial charge is 0.122 e. The first-order chi connectivity index (χ1) is 9.52. The minimum absolute atomic E-state index is 0.215. The molecule has 2 rings (SSSR count). The Kier molecular flexibility index (Phi) is 4.57. The lowest BCUT2D eigenvalue weighted by Crippen LogP contribution is -2.31. The van der Waals surface area contributed by atoms with Crippen molar-refractivity contribution >= 4 is 0 Å². The highest BCUT2D eigenvalue weighted by atomic mass is 15.2. The second-order valence-electron chi connectivity index (χ2n) is 5.48. The van der Waals surface area contributed by atoms with E-state index in [0.29, 0.717) is 6.54 Å². The molecule has 0 amide bonds. The van der Waals surface area contributed by atoms with Crippen LogP contribution in [0.4, 0.5) is 0 Å². The Morgan fingerprint density at radius 3 is 2.65 bits per heavy atom. The summed E-state index contributed by atoms with van der Waals surface area (Å²) in [5.41, 5.74) is 9.90. The van der Waals surface area contributed by atoms with Crippen molar-refractivity contribution < 1.29 is 0 Å². The number of imidazole rings is 1. The molecule has 20 heavy (non-hydrogen) atoms. The SMILES string of the molecule is Cc1ccc(C(CN)N(C)Cc2nccn2C)c(C)c1. The molecular weight excluding hydrogens is 248 g/mol. The number of nitrogens with zero attached hydrogens (tertiary/aromatic N) is 3. The Labute approximate surface area is 121 Å². The van der Waals surface area contributed by atoms with Crippen LogP contribution in [0.25, 0.3) is 0 Å². The summed E-state index contributed by atoms with van der Waals surface area (Å²) >= 11 is 0. The summed E-state index contributed by atoms with van der Waals surface area (Å²) < 4.78 is 2.05. The lowest BCUT2D eigenvalue weighted by Gasteiger charge is -2.28. The summed E-state index contributed by atoms with van der Waals surface area (Å²) in [7, 11) is 4.12. The molecule has 0 aliphatic rings. The first kappa shape index (κ1) is 14.8. The van der Waals surface area contributed by atoms with Gasteiger partial charge in [-0.25, -0.2) is 4.98 Å². The summed E-state index contributed by atoms with van der Waals surface area (Å²) in [5.74, 6) is 1.05. The maximum absolute atomic E-state index is 6.01. The topological polar surface area (TPSA) is 47.1 Å². The van der Waals surface area contributed by atoms with Crippen molar-refractivity contribution in [2.75, 3.05) is 13.6 Å². The molecule has 2 N–H and O–H groups in total. The van der Waals surface area contributed by atoms with Crippen molar-refractivity contribution in [3.8, 4) is 0 Å². The van der Waals surface area contributed by atoms with Gasteiger partial charge >= 0.3 is 0 Å². The van der Waals surface area contributed by atoms with Gasteiger partial charge in [-0.3, -0.25) is 4.90 Å². The van der Waals surface area contributed by atoms with Crippen LogP contribution in [0.15, 0.2) is 30.6 Å². The van der Waals surface area contributed by atoms with Crippen LogP contribution in [0.3, 0.4) is 0 Å². The third kappa shape index (κ3) is 3.08. The number of nitrogens with two attached hydrogens (primary N) is 1.